The normalized spacial score (nSPS) is 15.1. The fourth-order valence-electron chi connectivity index (χ4n) is 3.07. The zero-order valence-electron chi connectivity index (χ0n) is 15.5. The predicted molar refractivity (Wildman–Crippen MR) is 103 cm³/mol. The molecule has 0 amide bonds. The first-order valence-electron chi connectivity index (χ1n) is 9.24. The molecule has 5 heteroatoms. The van der Waals surface area contributed by atoms with Crippen molar-refractivity contribution in [2.75, 3.05) is 23.3 Å². The summed E-state index contributed by atoms with van der Waals surface area (Å²) in [6.45, 7) is 8.17. The van der Waals surface area contributed by atoms with Gasteiger partial charge in [-0.25, -0.2) is 4.98 Å². The molecule has 1 N–H and O–H groups in total. The first kappa shape index (κ1) is 17.5. The number of aryl methyl sites for hydroxylation is 1. The topological polar surface area (TPSA) is 50.3 Å². The number of nitrogens with zero attached hydrogens (tertiary/aromatic N) is 3. The molecule has 1 fully saturated rings. The van der Waals surface area contributed by atoms with Gasteiger partial charge in [0.25, 0.3) is 0 Å². The second-order valence-electron chi connectivity index (χ2n) is 6.91. The fraction of sp³-hybridized carbons (Fsp3) is 0.500. The van der Waals surface area contributed by atoms with Crippen LogP contribution in [-0.2, 0) is 0 Å². The van der Waals surface area contributed by atoms with Crippen molar-refractivity contribution in [3.05, 3.63) is 36.0 Å². The third-order valence-electron chi connectivity index (χ3n) is 4.23. The van der Waals surface area contributed by atoms with Gasteiger partial charge in [-0.05, 0) is 57.9 Å². The molecule has 0 aliphatic carbocycles. The monoisotopic (exact) mass is 340 g/mol. The first-order valence-corrected chi connectivity index (χ1v) is 9.24. The molecule has 1 aliphatic rings. The molecule has 1 saturated heterocycles. The highest BCUT2D eigenvalue weighted by Gasteiger charge is 2.14. The van der Waals surface area contributed by atoms with Crippen molar-refractivity contribution in [2.24, 2.45) is 0 Å². The second kappa shape index (κ2) is 8.19. The van der Waals surface area contributed by atoms with Gasteiger partial charge in [0.15, 0.2) is 0 Å². The van der Waals surface area contributed by atoms with Gasteiger partial charge in [0, 0.05) is 30.5 Å². The number of aromatic nitrogens is 2. The molecule has 5 nitrogen and oxygen atoms in total. The fourth-order valence-corrected chi connectivity index (χ4v) is 3.07. The molecular formula is C20H28N4O. The summed E-state index contributed by atoms with van der Waals surface area (Å²) in [4.78, 5) is 11.7. The van der Waals surface area contributed by atoms with Gasteiger partial charge in [0.05, 0.1) is 6.10 Å². The van der Waals surface area contributed by atoms with Crippen LogP contribution in [-0.4, -0.2) is 29.2 Å². The SMILES string of the molecule is Cc1cc(Nc2ccc(OC(C)C)cc2)nc(N2CCCCCC2)n1. The van der Waals surface area contributed by atoms with Gasteiger partial charge >= 0.3 is 0 Å². The van der Waals surface area contributed by atoms with E-state index in [9.17, 15) is 0 Å². The van der Waals surface area contributed by atoms with Gasteiger partial charge in [-0.15, -0.1) is 0 Å². The van der Waals surface area contributed by atoms with Crippen LogP contribution in [0, 0.1) is 6.92 Å². The Hall–Kier alpha value is -2.30. The van der Waals surface area contributed by atoms with Crippen molar-refractivity contribution in [2.45, 2.75) is 52.6 Å². The summed E-state index contributed by atoms with van der Waals surface area (Å²) in [6.07, 6.45) is 5.23. The largest absolute Gasteiger partial charge is 0.491 e. The van der Waals surface area contributed by atoms with Crippen LogP contribution in [0.25, 0.3) is 0 Å². The van der Waals surface area contributed by atoms with E-state index < -0.39 is 0 Å². The number of benzene rings is 1. The zero-order valence-corrected chi connectivity index (χ0v) is 15.5. The van der Waals surface area contributed by atoms with E-state index >= 15 is 0 Å². The van der Waals surface area contributed by atoms with E-state index in [1.807, 2.05) is 51.1 Å². The van der Waals surface area contributed by atoms with Crippen LogP contribution in [0.1, 0.15) is 45.2 Å². The Morgan fingerprint density at radius 2 is 1.68 bits per heavy atom. The Balaban J connectivity index is 1.73. The van der Waals surface area contributed by atoms with Crippen LogP contribution >= 0.6 is 0 Å². The lowest BCUT2D eigenvalue weighted by atomic mass is 10.2. The van der Waals surface area contributed by atoms with Crippen LogP contribution in [0.15, 0.2) is 30.3 Å². The molecule has 0 saturated carbocycles. The number of anilines is 3. The standard InChI is InChI=1S/C20H28N4O/c1-15(2)25-18-10-8-17(9-11-18)22-19-14-16(3)21-20(23-19)24-12-6-4-5-7-13-24/h8-11,14-15H,4-7,12-13H2,1-3H3,(H,21,22,23). The zero-order chi connectivity index (χ0) is 17.6. The third kappa shape index (κ3) is 5.08. The summed E-state index contributed by atoms with van der Waals surface area (Å²) in [6, 6.07) is 9.97. The lowest BCUT2D eigenvalue weighted by molar-refractivity contribution is 0.242. The maximum Gasteiger partial charge on any atom is 0.227 e. The first-order chi connectivity index (χ1) is 12.1. The second-order valence-corrected chi connectivity index (χ2v) is 6.91. The van der Waals surface area contributed by atoms with E-state index in [0.717, 1.165) is 42.0 Å². The summed E-state index contributed by atoms with van der Waals surface area (Å²) in [5, 5.41) is 3.39. The minimum Gasteiger partial charge on any atom is -0.491 e. The average Bonchev–Trinajstić information content (AvgIpc) is 2.85. The minimum absolute atomic E-state index is 0.180. The van der Waals surface area contributed by atoms with Crippen LogP contribution in [0.2, 0.25) is 0 Å². The van der Waals surface area contributed by atoms with Gasteiger partial charge in [-0.1, -0.05) is 12.8 Å². The quantitative estimate of drug-likeness (QED) is 0.855. The van der Waals surface area contributed by atoms with Crippen LogP contribution in [0.5, 0.6) is 5.75 Å². The molecule has 2 heterocycles. The van der Waals surface area contributed by atoms with Crippen LogP contribution in [0.4, 0.5) is 17.5 Å². The highest BCUT2D eigenvalue weighted by atomic mass is 16.5. The van der Waals surface area contributed by atoms with E-state index in [1.165, 1.54) is 25.7 Å². The molecule has 0 bridgehead atoms. The molecule has 0 spiro atoms. The van der Waals surface area contributed by atoms with Gasteiger partial charge < -0.3 is 15.0 Å². The van der Waals surface area contributed by atoms with Crippen molar-refractivity contribution in [1.29, 1.82) is 0 Å². The smallest absolute Gasteiger partial charge is 0.227 e. The Morgan fingerprint density at radius 1 is 1.00 bits per heavy atom. The molecule has 1 aromatic heterocycles. The number of ether oxygens (including phenoxy) is 1. The Labute approximate surface area is 150 Å². The summed E-state index contributed by atoms with van der Waals surface area (Å²) in [7, 11) is 0. The molecule has 0 unspecified atom stereocenters. The average molecular weight is 340 g/mol. The van der Waals surface area contributed by atoms with Crippen LogP contribution in [0.3, 0.4) is 0 Å². The van der Waals surface area contributed by atoms with Crippen molar-refractivity contribution >= 4 is 17.5 Å². The van der Waals surface area contributed by atoms with Gasteiger partial charge in [-0.2, -0.15) is 4.98 Å². The van der Waals surface area contributed by atoms with Gasteiger partial charge in [-0.3, -0.25) is 0 Å². The van der Waals surface area contributed by atoms with E-state index in [-0.39, 0.29) is 6.10 Å². The number of hydrogen-bond donors (Lipinski definition) is 1. The lowest BCUT2D eigenvalue weighted by Crippen LogP contribution is -2.26. The highest BCUT2D eigenvalue weighted by Crippen LogP contribution is 2.23. The Kier molecular flexibility index (Phi) is 5.74. The van der Waals surface area contributed by atoms with Crippen molar-refractivity contribution in [3.63, 3.8) is 0 Å². The van der Waals surface area contributed by atoms with Crippen molar-refractivity contribution in [3.8, 4) is 5.75 Å². The Morgan fingerprint density at radius 3 is 2.32 bits per heavy atom. The predicted octanol–water partition coefficient (Wildman–Crippen LogP) is 4.70. The van der Waals surface area contributed by atoms with Crippen molar-refractivity contribution in [1.82, 2.24) is 9.97 Å². The third-order valence-corrected chi connectivity index (χ3v) is 4.23. The van der Waals surface area contributed by atoms with E-state index in [0.29, 0.717) is 0 Å². The molecular weight excluding hydrogens is 312 g/mol. The lowest BCUT2D eigenvalue weighted by Gasteiger charge is -2.21. The van der Waals surface area contributed by atoms with E-state index in [4.69, 9.17) is 9.72 Å². The highest BCUT2D eigenvalue weighted by molar-refractivity contribution is 5.58. The molecule has 0 atom stereocenters. The molecule has 2 aromatic rings. The molecule has 3 rings (SSSR count). The summed E-state index contributed by atoms with van der Waals surface area (Å²) >= 11 is 0. The Bertz CT molecular complexity index is 677. The van der Waals surface area contributed by atoms with Gasteiger partial charge in [0.1, 0.15) is 11.6 Å². The van der Waals surface area contributed by atoms with Crippen LogP contribution < -0.4 is 15.0 Å². The van der Waals surface area contributed by atoms with Gasteiger partial charge in [0.2, 0.25) is 5.95 Å². The molecule has 0 radical (unpaired) electrons. The maximum absolute atomic E-state index is 5.69. The summed E-state index contributed by atoms with van der Waals surface area (Å²) in [5.74, 6) is 2.55. The number of hydrogen-bond acceptors (Lipinski definition) is 5. The summed E-state index contributed by atoms with van der Waals surface area (Å²) < 4.78 is 5.69. The maximum atomic E-state index is 5.69. The molecule has 134 valence electrons. The number of rotatable bonds is 5. The molecule has 25 heavy (non-hydrogen) atoms. The minimum atomic E-state index is 0.180. The molecule has 1 aliphatic heterocycles. The van der Waals surface area contributed by atoms with Crippen molar-refractivity contribution < 1.29 is 4.74 Å². The summed E-state index contributed by atoms with van der Waals surface area (Å²) in [5.41, 5.74) is 1.98. The number of nitrogens with one attached hydrogen (secondary N) is 1. The van der Waals surface area contributed by atoms with E-state index in [1.54, 1.807) is 0 Å². The molecule has 1 aromatic carbocycles. The van der Waals surface area contributed by atoms with E-state index in [2.05, 4.69) is 15.2 Å².